The standard InChI is InChI=1S/C22H31N3O3/c1-15-3-4-16(2)20(13-15)23-22(27)24-10-7-19(14-24)25(21(26)17-5-6-17)18-8-11-28-12-9-18/h3-4,13,17-19H,5-12,14H2,1-2H3,(H,23,27). The number of aryl methyl sites for hydroxylation is 2. The van der Waals surface area contributed by atoms with E-state index in [-0.39, 0.29) is 24.0 Å². The molecule has 0 spiro atoms. The van der Waals surface area contributed by atoms with Gasteiger partial charge in [-0.1, -0.05) is 12.1 Å². The second-order valence-corrected chi connectivity index (χ2v) is 8.50. The van der Waals surface area contributed by atoms with Gasteiger partial charge in [0, 0.05) is 44.0 Å². The molecule has 1 N–H and O–H groups in total. The molecule has 4 rings (SSSR count). The van der Waals surface area contributed by atoms with Gasteiger partial charge < -0.3 is 19.9 Å². The fraction of sp³-hybridized carbons (Fsp3) is 0.636. The van der Waals surface area contributed by atoms with Gasteiger partial charge in [-0.25, -0.2) is 4.79 Å². The Morgan fingerprint density at radius 3 is 2.54 bits per heavy atom. The van der Waals surface area contributed by atoms with Crippen molar-refractivity contribution >= 4 is 17.6 Å². The Morgan fingerprint density at radius 2 is 1.82 bits per heavy atom. The lowest BCUT2D eigenvalue weighted by Crippen LogP contribution is -2.51. The van der Waals surface area contributed by atoms with Gasteiger partial charge in [0.1, 0.15) is 0 Å². The number of anilines is 1. The van der Waals surface area contributed by atoms with E-state index >= 15 is 0 Å². The van der Waals surface area contributed by atoms with Crippen LogP contribution in [0.2, 0.25) is 0 Å². The predicted octanol–water partition coefficient (Wildman–Crippen LogP) is 3.33. The molecule has 6 heteroatoms. The first kappa shape index (κ1) is 19.2. The fourth-order valence-electron chi connectivity index (χ4n) is 4.38. The average Bonchev–Trinajstić information content (AvgIpc) is 3.44. The highest BCUT2D eigenvalue weighted by molar-refractivity contribution is 5.90. The molecule has 3 fully saturated rings. The molecular formula is C22H31N3O3. The molecule has 3 aliphatic rings. The van der Waals surface area contributed by atoms with Gasteiger partial charge in [-0.05, 0) is 63.1 Å². The average molecular weight is 386 g/mol. The number of carbonyl (C=O) groups excluding carboxylic acids is 2. The highest BCUT2D eigenvalue weighted by Gasteiger charge is 2.42. The largest absolute Gasteiger partial charge is 0.381 e. The van der Waals surface area contributed by atoms with Crippen LogP contribution in [0.4, 0.5) is 10.5 Å². The number of benzene rings is 1. The molecule has 0 bridgehead atoms. The number of carbonyl (C=O) groups is 2. The number of nitrogens with zero attached hydrogens (tertiary/aromatic N) is 2. The number of rotatable bonds is 4. The van der Waals surface area contributed by atoms with E-state index in [0.717, 1.165) is 62.1 Å². The predicted molar refractivity (Wildman–Crippen MR) is 108 cm³/mol. The van der Waals surface area contributed by atoms with Crippen LogP contribution < -0.4 is 5.32 Å². The summed E-state index contributed by atoms with van der Waals surface area (Å²) < 4.78 is 5.50. The number of amides is 3. The molecule has 152 valence electrons. The van der Waals surface area contributed by atoms with Crippen LogP contribution >= 0.6 is 0 Å². The summed E-state index contributed by atoms with van der Waals surface area (Å²) in [5.41, 5.74) is 3.05. The van der Waals surface area contributed by atoms with E-state index in [0.29, 0.717) is 19.0 Å². The Kier molecular flexibility index (Phi) is 5.58. The van der Waals surface area contributed by atoms with Crippen LogP contribution in [0.15, 0.2) is 18.2 Å². The lowest BCUT2D eigenvalue weighted by molar-refractivity contribution is -0.139. The molecule has 6 nitrogen and oxygen atoms in total. The van der Waals surface area contributed by atoms with E-state index in [9.17, 15) is 9.59 Å². The fourth-order valence-corrected chi connectivity index (χ4v) is 4.38. The van der Waals surface area contributed by atoms with Crippen molar-refractivity contribution in [3.05, 3.63) is 29.3 Å². The third-order valence-corrected chi connectivity index (χ3v) is 6.24. The summed E-state index contributed by atoms with van der Waals surface area (Å²) in [4.78, 5) is 29.8. The molecule has 1 aliphatic carbocycles. The highest BCUT2D eigenvalue weighted by atomic mass is 16.5. The number of hydrogen-bond acceptors (Lipinski definition) is 3. The second-order valence-electron chi connectivity index (χ2n) is 8.50. The summed E-state index contributed by atoms with van der Waals surface area (Å²) >= 11 is 0. The monoisotopic (exact) mass is 385 g/mol. The van der Waals surface area contributed by atoms with Crippen LogP contribution in [-0.4, -0.2) is 60.1 Å². The summed E-state index contributed by atoms with van der Waals surface area (Å²) in [6, 6.07) is 6.40. The Hall–Kier alpha value is -2.08. The topological polar surface area (TPSA) is 61.9 Å². The maximum atomic E-state index is 13.0. The van der Waals surface area contributed by atoms with Gasteiger partial charge in [0.15, 0.2) is 0 Å². The molecule has 1 atom stereocenters. The van der Waals surface area contributed by atoms with Gasteiger partial charge >= 0.3 is 6.03 Å². The minimum atomic E-state index is -0.0676. The Labute approximate surface area is 167 Å². The Morgan fingerprint density at radius 1 is 1.07 bits per heavy atom. The molecule has 2 saturated heterocycles. The van der Waals surface area contributed by atoms with Crippen molar-refractivity contribution in [3.8, 4) is 0 Å². The molecule has 1 aromatic rings. The maximum absolute atomic E-state index is 13.0. The van der Waals surface area contributed by atoms with Gasteiger partial charge in [0.05, 0.1) is 6.04 Å². The summed E-state index contributed by atoms with van der Waals surface area (Å²) in [6.07, 6.45) is 4.70. The van der Waals surface area contributed by atoms with E-state index in [4.69, 9.17) is 4.74 Å². The van der Waals surface area contributed by atoms with Crippen molar-refractivity contribution in [2.75, 3.05) is 31.6 Å². The minimum Gasteiger partial charge on any atom is -0.381 e. The second kappa shape index (κ2) is 8.11. The first-order valence-electron chi connectivity index (χ1n) is 10.6. The zero-order chi connectivity index (χ0) is 19.7. The Balaban J connectivity index is 1.42. The van der Waals surface area contributed by atoms with E-state index in [1.807, 2.05) is 36.9 Å². The van der Waals surface area contributed by atoms with Crippen LogP contribution in [-0.2, 0) is 9.53 Å². The summed E-state index contributed by atoms with van der Waals surface area (Å²) in [5.74, 6) is 0.509. The third kappa shape index (κ3) is 4.17. The number of likely N-dealkylation sites (tertiary alicyclic amines) is 1. The smallest absolute Gasteiger partial charge is 0.321 e. The van der Waals surface area contributed by atoms with Gasteiger partial charge in [0.25, 0.3) is 0 Å². The van der Waals surface area contributed by atoms with E-state index in [1.54, 1.807) is 0 Å². The van der Waals surface area contributed by atoms with Crippen LogP contribution in [0.1, 0.15) is 43.2 Å². The molecule has 2 heterocycles. The quantitative estimate of drug-likeness (QED) is 0.865. The molecule has 0 aromatic heterocycles. The van der Waals surface area contributed by atoms with Crippen LogP contribution in [0.25, 0.3) is 0 Å². The van der Waals surface area contributed by atoms with Gasteiger partial charge in [0.2, 0.25) is 5.91 Å². The number of urea groups is 1. The maximum Gasteiger partial charge on any atom is 0.321 e. The highest BCUT2D eigenvalue weighted by Crippen LogP contribution is 2.35. The summed E-state index contributed by atoms with van der Waals surface area (Å²) in [5, 5.41) is 3.06. The third-order valence-electron chi connectivity index (χ3n) is 6.24. The first-order valence-corrected chi connectivity index (χ1v) is 10.6. The SMILES string of the molecule is Cc1ccc(C)c(NC(=O)N2CCC(N(C(=O)C3CC3)C3CCOCC3)C2)c1. The van der Waals surface area contributed by atoms with Crippen LogP contribution in [0, 0.1) is 19.8 Å². The van der Waals surface area contributed by atoms with E-state index in [1.165, 1.54) is 0 Å². The number of ether oxygens (including phenoxy) is 1. The lowest BCUT2D eigenvalue weighted by atomic mass is 10.0. The molecule has 1 aromatic carbocycles. The number of nitrogens with one attached hydrogen (secondary N) is 1. The van der Waals surface area contributed by atoms with Crippen molar-refractivity contribution in [2.45, 2.75) is 58.0 Å². The van der Waals surface area contributed by atoms with E-state index in [2.05, 4.69) is 10.2 Å². The van der Waals surface area contributed by atoms with Crippen molar-refractivity contribution in [1.29, 1.82) is 0 Å². The van der Waals surface area contributed by atoms with Crippen molar-refractivity contribution in [2.24, 2.45) is 5.92 Å². The van der Waals surface area contributed by atoms with Crippen molar-refractivity contribution < 1.29 is 14.3 Å². The van der Waals surface area contributed by atoms with Crippen molar-refractivity contribution in [3.63, 3.8) is 0 Å². The number of hydrogen-bond donors (Lipinski definition) is 1. The molecule has 0 radical (unpaired) electrons. The van der Waals surface area contributed by atoms with Crippen molar-refractivity contribution in [1.82, 2.24) is 9.80 Å². The molecule has 3 amide bonds. The Bertz CT molecular complexity index is 741. The summed E-state index contributed by atoms with van der Waals surface area (Å²) in [7, 11) is 0. The lowest BCUT2D eigenvalue weighted by Gasteiger charge is -2.38. The molecule has 28 heavy (non-hydrogen) atoms. The minimum absolute atomic E-state index is 0.0676. The first-order chi connectivity index (χ1) is 13.5. The normalized spacial score (nSPS) is 22.9. The van der Waals surface area contributed by atoms with Gasteiger partial charge in [-0.2, -0.15) is 0 Å². The van der Waals surface area contributed by atoms with Gasteiger partial charge in [-0.3, -0.25) is 4.79 Å². The molecule has 1 unspecified atom stereocenters. The van der Waals surface area contributed by atoms with Crippen LogP contribution in [0.3, 0.4) is 0 Å². The zero-order valence-electron chi connectivity index (χ0n) is 16.9. The summed E-state index contributed by atoms with van der Waals surface area (Å²) in [6.45, 7) is 6.79. The zero-order valence-corrected chi connectivity index (χ0v) is 16.9. The molecule has 1 saturated carbocycles. The van der Waals surface area contributed by atoms with Gasteiger partial charge in [-0.15, -0.1) is 0 Å². The molecule has 2 aliphatic heterocycles. The van der Waals surface area contributed by atoms with Crippen LogP contribution in [0.5, 0.6) is 0 Å². The van der Waals surface area contributed by atoms with E-state index < -0.39 is 0 Å². The molecular weight excluding hydrogens is 354 g/mol.